The predicted molar refractivity (Wildman–Crippen MR) is 165 cm³/mol. The molecule has 1 aliphatic rings. The molecule has 1 aliphatic heterocycles. The van der Waals surface area contributed by atoms with E-state index in [2.05, 4.69) is 79.6 Å². The number of aliphatic imine (C=N–C) groups is 1. The number of aromatic nitrogens is 2. The first kappa shape index (κ1) is 30.7. The van der Waals surface area contributed by atoms with Crippen molar-refractivity contribution in [2.45, 2.75) is 78.3 Å². The molecule has 2 unspecified atom stereocenters. The van der Waals surface area contributed by atoms with Crippen molar-refractivity contribution < 1.29 is 4.79 Å². The molecule has 210 valence electrons. The summed E-state index contributed by atoms with van der Waals surface area (Å²) in [4.78, 5) is 29.7. The van der Waals surface area contributed by atoms with Gasteiger partial charge in [-0.15, -0.1) is 0 Å². The number of rotatable bonds is 8. The van der Waals surface area contributed by atoms with Gasteiger partial charge in [0.1, 0.15) is 16.7 Å². The minimum absolute atomic E-state index is 0.0784. The summed E-state index contributed by atoms with van der Waals surface area (Å²) in [5.41, 5.74) is 2.10. The fourth-order valence-electron chi connectivity index (χ4n) is 4.82. The molecule has 2 aromatic rings. The molecule has 1 amide bonds. The maximum atomic E-state index is 13.5. The van der Waals surface area contributed by atoms with Crippen LogP contribution in [0, 0.1) is 5.92 Å². The molecule has 1 fully saturated rings. The van der Waals surface area contributed by atoms with Gasteiger partial charge in [-0.25, -0.2) is 9.98 Å². The topological polar surface area (TPSA) is 82.5 Å². The van der Waals surface area contributed by atoms with Gasteiger partial charge in [-0.1, -0.05) is 59.4 Å². The smallest absolute Gasteiger partial charge is 0.265 e. The molecule has 0 bridgehead atoms. The molecular weight excluding hydrogens is 528 g/mol. The highest BCUT2D eigenvalue weighted by Gasteiger charge is 2.39. The van der Waals surface area contributed by atoms with Gasteiger partial charge in [0, 0.05) is 41.3 Å². The molecule has 2 aromatic heterocycles. The average Bonchev–Trinajstić information content (AvgIpc) is 3.15. The zero-order chi connectivity index (χ0) is 29.0. The zero-order valence-corrected chi connectivity index (χ0v) is 25.7. The number of carbonyl (C=O) groups excluding carboxylic acids is 1. The summed E-state index contributed by atoms with van der Waals surface area (Å²) >= 11 is 7.07. The maximum absolute atomic E-state index is 13.5. The van der Waals surface area contributed by atoms with Crippen molar-refractivity contribution in [2.24, 2.45) is 10.9 Å². The Morgan fingerprint density at radius 3 is 2.59 bits per heavy atom. The maximum Gasteiger partial charge on any atom is 0.265 e. The van der Waals surface area contributed by atoms with Gasteiger partial charge in [0.15, 0.2) is 0 Å². The van der Waals surface area contributed by atoms with Gasteiger partial charge in [-0.3, -0.25) is 14.5 Å². The Balaban J connectivity index is 1.78. The molecule has 7 nitrogen and oxygen atoms in total. The van der Waals surface area contributed by atoms with Crippen molar-refractivity contribution in [1.29, 1.82) is 0 Å². The molecule has 0 aromatic carbocycles. The molecule has 2 atom stereocenters. The first-order valence-corrected chi connectivity index (χ1v) is 14.5. The summed E-state index contributed by atoms with van der Waals surface area (Å²) in [5.74, 6) is 1.45. The lowest BCUT2D eigenvalue weighted by Crippen LogP contribution is -2.40. The van der Waals surface area contributed by atoms with E-state index < -0.39 is 0 Å². The summed E-state index contributed by atoms with van der Waals surface area (Å²) in [6, 6.07) is 7.43. The molecule has 3 rings (SSSR count). The minimum atomic E-state index is -0.233. The van der Waals surface area contributed by atoms with Crippen LogP contribution in [0.4, 0.5) is 5.82 Å². The van der Waals surface area contributed by atoms with Crippen LogP contribution >= 0.6 is 23.5 Å². The number of carbonyl (C=O) groups is 1. The lowest BCUT2D eigenvalue weighted by molar-refractivity contribution is 0.0984. The van der Waals surface area contributed by atoms with Crippen LogP contribution in [0.1, 0.15) is 89.1 Å². The molecule has 0 saturated carbocycles. The number of amides is 1. The Bertz CT molecular complexity index is 1240. The van der Waals surface area contributed by atoms with E-state index in [-0.39, 0.29) is 22.9 Å². The summed E-state index contributed by atoms with van der Waals surface area (Å²) in [6.45, 7) is 23.9. The second-order valence-electron chi connectivity index (χ2n) is 11.7. The number of halogens is 1. The van der Waals surface area contributed by atoms with E-state index in [1.54, 1.807) is 12.3 Å². The van der Waals surface area contributed by atoms with Gasteiger partial charge in [0.25, 0.3) is 5.91 Å². The third-order valence-electron chi connectivity index (χ3n) is 6.74. The fourth-order valence-corrected chi connectivity index (χ4v) is 5.48. The molecule has 39 heavy (non-hydrogen) atoms. The van der Waals surface area contributed by atoms with Crippen molar-refractivity contribution in [1.82, 2.24) is 20.0 Å². The van der Waals surface area contributed by atoms with E-state index in [1.165, 1.54) is 0 Å². The van der Waals surface area contributed by atoms with Crippen LogP contribution < -0.4 is 14.9 Å². The monoisotopic (exact) mass is 568 g/mol. The molecule has 1 saturated heterocycles. The second kappa shape index (κ2) is 12.6. The average molecular weight is 569 g/mol. The quantitative estimate of drug-likeness (QED) is 0.199. The van der Waals surface area contributed by atoms with Gasteiger partial charge in [-0.05, 0) is 62.9 Å². The van der Waals surface area contributed by atoms with Crippen LogP contribution in [0.2, 0.25) is 5.02 Å². The Morgan fingerprint density at radius 2 is 2.05 bits per heavy atom. The fraction of sp³-hybridized carbons (Fsp3) is 0.467. The molecule has 2 N–H and O–H groups in total. The van der Waals surface area contributed by atoms with Crippen LogP contribution in [-0.2, 0) is 5.41 Å². The lowest BCUT2D eigenvalue weighted by Gasteiger charge is -2.34. The summed E-state index contributed by atoms with van der Waals surface area (Å²) in [5, 5.41) is 4.38. The SMILES string of the molecule is C=C/C(=N\C(=C)NC(CC)c1ccc(Cl)cn1)SNC(=O)c1ccc(C(C)(C)C)nc1N1CC(C)CC1(C)C. The molecule has 0 aliphatic carbocycles. The first-order valence-electron chi connectivity index (χ1n) is 13.3. The van der Waals surface area contributed by atoms with Crippen LogP contribution in [0.3, 0.4) is 0 Å². The van der Waals surface area contributed by atoms with E-state index in [0.29, 0.717) is 27.4 Å². The van der Waals surface area contributed by atoms with Crippen molar-refractivity contribution in [3.05, 3.63) is 77.5 Å². The number of hydrogen-bond acceptors (Lipinski definition) is 7. The Labute approximate surface area is 242 Å². The van der Waals surface area contributed by atoms with Crippen LogP contribution in [0.15, 0.2) is 60.5 Å². The minimum Gasteiger partial charge on any atom is -0.362 e. The van der Waals surface area contributed by atoms with E-state index in [1.807, 2.05) is 31.2 Å². The van der Waals surface area contributed by atoms with E-state index in [9.17, 15) is 4.79 Å². The predicted octanol–water partition coefficient (Wildman–Crippen LogP) is 7.23. The first-order chi connectivity index (χ1) is 18.2. The lowest BCUT2D eigenvalue weighted by atomic mass is 9.91. The summed E-state index contributed by atoms with van der Waals surface area (Å²) in [7, 11) is 0. The Kier molecular flexibility index (Phi) is 9.88. The number of nitrogens with one attached hydrogen (secondary N) is 2. The number of pyridine rings is 2. The van der Waals surface area contributed by atoms with Crippen molar-refractivity contribution >= 4 is 40.3 Å². The highest BCUT2D eigenvalue weighted by atomic mass is 35.5. The van der Waals surface area contributed by atoms with Crippen LogP contribution in [0.5, 0.6) is 0 Å². The largest absolute Gasteiger partial charge is 0.362 e. The standard InChI is InChI=1S/C30H41ClN6OS/c1-10-23(24-14-12-21(31)17-32-24)33-20(4)34-26(11-2)39-36-28(38)22-13-15-25(29(5,6)7)35-27(22)37-18-19(3)16-30(37,8)9/h11-15,17,19,23,33H,2,4,10,16,18H2,1,3,5-9H3,(H,36,38)/b34-26+. The van der Waals surface area contributed by atoms with E-state index in [4.69, 9.17) is 16.6 Å². The summed E-state index contributed by atoms with van der Waals surface area (Å²) < 4.78 is 2.93. The Morgan fingerprint density at radius 1 is 1.33 bits per heavy atom. The molecule has 3 heterocycles. The molecule has 0 radical (unpaired) electrons. The third-order valence-corrected chi connectivity index (χ3v) is 7.72. The van der Waals surface area contributed by atoms with E-state index in [0.717, 1.165) is 48.5 Å². The van der Waals surface area contributed by atoms with Gasteiger partial charge in [0.2, 0.25) is 0 Å². The van der Waals surface area contributed by atoms with Crippen molar-refractivity contribution in [3.63, 3.8) is 0 Å². The zero-order valence-electron chi connectivity index (χ0n) is 24.1. The molecule has 9 heteroatoms. The van der Waals surface area contributed by atoms with Gasteiger partial charge in [0.05, 0.1) is 22.3 Å². The third kappa shape index (κ3) is 7.85. The Hall–Kier alpha value is -2.84. The highest BCUT2D eigenvalue weighted by Crippen LogP contribution is 2.38. The van der Waals surface area contributed by atoms with Crippen LogP contribution in [0.25, 0.3) is 0 Å². The van der Waals surface area contributed by atoms with Gasteiger partial charge < -0.3 is 10.2 Å². The number of nitrogens with zero attached hydrogens (tertiary/aromatic N) is 4. The molecule has 0 spiro atoms. The number of hydrogen-bond donors (Lipinski definition) is 2. The second-order valence-corrected chi connectivity index (χ2v) is 13.0. The van der Waals surface area contributed by atoms with Crippen LogP contribution in [-0.4, -0.2) is 33.0 Å². The van der Waals surface area contributed by atoms with E-state index >= 15 is 0 Å². The summed E-state index contributed by atoms with van der Waals surface area (Å²) in [6.07, 6.45) is 5.03. The van der Waals surface area contributed by atoms with Gasteiger partial charge in [-0.2, -0.15) is 0 Å². The highest BCUT2D eigenvalue weighted by molar-refractivity contribution is 8.13. The van der Waals surface area contributed by atoms with Gasteiger partial charge >= 0.3 is 0 Å². The normalized spacial score (nSPS) is 18.0. The molecular formula is C30H41ClN6OS. The number of anilines is 1. The van der Waals surface area contributed by atoms with Crippen molar-refractivity contribution in [3.8, 4) is 0 Å². The van der Waals surface area contributed by atoms with Crippen molar-refractivity contribution in [2.75, 3.05) is 11.4 Å².